The van der Waals surface area contributed by atoms with Gasteiger partial charge in [-0.15, -0.1) is 0 Å². The SMILES string of the molecule is [B]C1CC(OCC2OC(C)CC2OC(=O)OC(C)c2ccccc2[N+](=O)[O-])C(COP(=O)(O)OC2CC([B])OC2COP(=O)(O)OC2CC([B])OC2COC(C)(C)C)O1. The summed E-state index contributed by atoms with van der Waals surface area (Å²) in [4.78, 5) is 44.8. The summed E-state index contributed by atoms with van der Waals surface area (Å²) in [5, 5.41) is 11.4. The van der Waals surface area contributed by atoms with Crippen molar-refractivity contribution in [3.63, 3.8) is 0 Å². The molecule has 2 N–H and O–H groups in total. The van der Waals surface area contributed by atoms with Gasteiger partial charge in [0.1, 0.15) is 60.2 Å². The van der Waals surface area contributed by atoms with Gasteiger partial charge < -0.3 is 47.7 Å². The molecule has 0 amide bonds. The highest BCUT2D eigenvalue weighted by Crippen LogP contribution is 2.50. The lowest BCUT2D eigenvalue weighted by atomic mass is 9.96. The summed E-state index contributed by atoms with van der Waals surface area (Å²) >= 11 is 0. The van der Waals surface area contributed by atoms with Crippen LogP contribution in [0.4, 0.5) is 10.5 Å². The lowest BCUT2D eigenvalue weighted by molar-refractivity contribution is -0.386. The van der Waals surface area contributed by atoms with E-state index >= 15 is 0 Å². The molecule has 6 radical (unpaired) electrons. The van der Waals surface area contributed by atoms with Crippen molar-refractivity contribution in [1.82, 2.24) is 0 Å². The van der Waals surface area contributed by atoms with Crippen LogP contribution in [0.1, 0.15) is 72.0 Å². The normalized spacial score (nSPS) is 34.9. The number of rotatable bonds is 19. The molecule has 4 saturated heterocycles. The summed E-state index contributed by atoms with van der Waals surface area (Å²) in [6.07, 6.45) is -9.15. The van der Waals surface area contributed by atoms with Crippen molar-refractivity contribution >= 4 is 51.0 Å². The van der Waals surface area contributed by atoms with Crippen LogP contribution in [0.15, 0.2) is 24.3 Å². The van der Waals surface area contributed by atoms with E-state index in [1.807, 2.05) is 20.8 Å². The Hall–Kier alpha value is -1.94. The molecule has 25 heteroatoms. The van der Waals surface area contributed by atoms with Gasteiger partial charge in [-0.3, -0.25) is 28.2 Å². The van der Waals surface area contributed by atoms with Crippen molar-refractivity contribution < 1.29 is 84.6 Å². The molecule has 4 aliphatic rings. The molecule has 15 unspecified atom stereocenters. The Kier molecular flexibility index (Phi) is 16.7. The van der Waals surface area contributed by atoms with Crippen molar-refractivity contribution in [3.05, 3.63) is 39.9 Å². The zero-order chi connectivity index (χ0) is 43.3. The third kappa shape index (κ3) is 14.6. The molecule has 324 valence electrons. The van der Waals surface area contributed by atoms with Gasteiger partial charge in [-0.25, -0.2) is 13.9 Å². The number of phosphoric acid groups is 2. The van der Waals surface area contributed by atoms with Gasteiger partial charge in [0.25, 0.3) is 5.69 Å². The molecule has 1 aromatic carbocycles. The molecule has 4 fully saturated rings. The second-order valence-corrected chi connectivity index (χ2v) is 18.5. The Labute approximate surface area is 346 Å². The molecule has 5 rings (SSSR count). The number of ether oxygens (including phenoxy) is 8. The standard InChI is InChI=1S/C34H50B3NO19P2/c1-18-10-23(55-33(39)51-19(2)20-8-6-7-9-21(20)38(40)41)26(50-18)14-46-22-11-30(35)53-28(22)16-48-58(42,43)57-25-13-32(37)54-29(25)17-49-59(44,45)56-24-12-31(36)52-27(24)15-47-34(3,4)5/h6-9,18-19,22-32H,10-17H2,1-5H3,(H,42,43)(H,44,45). The van der Waals surface area contributed by atoms with Gasteiger partial charge in [-0.05, 0) is 59.9 Å². The Bertz CT molecular complexity index is 1680. The molecule has 0 aliphatic carbocycles. The zero-order valence-electron chi connectivity index (χ0n) is 33.4. The predicted molar refractivity (Wildman–Crippen MR) is 206 cm³/mol. The van der Waals surface area contributed by atoms with E-state index < -0.39 is 118 Å². The monoisotopic (exact) mass is 871 g/mol. The lowest BCUT2D eigenvalue weighted by Gasteiger charge is -2.27. The number of hydrogen-bond acceptors (Lipinski definition) is 17. The summed E-state index contributed by atoms with van der Waals surface area (Å²) in [5.74, 6) is 0. The van der Waals surface area contributed by atoms with Crippen molar-refractivity contribution in [2.75, 3.05) is 26.4 Å². The van der Waals surface area contributed by atoms with E-state index in [1.54, 1.807) is 13.0 Å². The minimum absolute atomic E-state index is 0.0461. The first kappa shape index (κ1) is 48.1. The quantitative estimate of drug-likeness (QED) is 0.0665. The van der Waals surface area contributed by atoms with E-state index in [9.17, 15) is 33.8 Å². The molecule has 59 heavy (non-hydrogen) atoms. The van der Waals surface area contributed by atoms with E-state index in [2.05, 4.69) is 0 Å². The molecular weight excluding hydrogens is 821 g/mol. The molecule has 4 heterocycles. The highest BCUT2D eigenvalue weighted by atomic mass is 31.2. The number of nitro groups is 1. The predicted octanol–water partition coefficient (Wildman–Crippen LogP) is 3.41. The highest BCUT2D eigenvalue weighted by molar-refractivity contribution is 7.47. The Morgan fingerprint density at radius 1 is 0.814 bits per heavy atom. The zero-order valence-corrected chi connectivity index (χ0v) is 35.2. The van der Waals surface area contributed by atoms with E-state index in [4.69, 9.17) is 79.5 Å². The van der Waals surface area contributed by atoms with Crippen molar-refractivity contribution in [3.8, 4) is 0 Å². The first-order valence-electron chi connectivity index (χ1n) is 19.1. The first-order valence-corrected chi connectivity index (χ1v) is 22.1. The number of carbonyl (C=O) groups excluding carboxylic acids is 1. The number of hydrogen-bond donors (Lipinski definition) is 2. The summed E-state index contributed by atoms with van der Waals surface area (Å²) in [5.41, 5.74) is -0.524. The maximum Gasteiger partial charge on any atom is 0.509 e. The number of nitro benzene ring substituents is 1. The molecule has 0 bridgehead atoms. The van der Waals surface area contributed by atoms with Crippen molar-refractivity contribution in [2.24, 2.45) is 0 Å². The van der Waals surface area contributed by atoms with E-state index in [1.165, 1.54) is 25.1 Å². The summed E-state index contributed by atoms with van der Waals surface area (Å²) in [7, 11) is 8.20. The fraction of sp³-hybridized carbons (Fsp3) is 0.794. The van der Waals surface area contributed by atoms with Crippen LogP contribution >= 0.6 is 15.6 Å². The van der Waals surface area contributed by atoms with Gasteiger partial charge in [0.2, 0.25) is 0 Å². The fourth-order valence-electron chi connectivity index (χ4n) is 6.92. The van der Waals surface area contributed by atoms with Crippen LogP contribution < -0.4 is 0 Å². The Morgan fingerprint density at radius 3 is 1.85 bits per heavy atom. The minimum Gasteiger partial charge on any atom is -0.428 e. The van der Waals surface area contributed by atoms with Crippen LogP contribution in [-0.2, 0) is 65.1 Å². The maximum atomic E-state index is 13.1. The molecule has 0 aromatic heterocycles. The highest BCUT2D eigenvalue weighted by Gasteiger charge is 2.45. The Morgan fingerprint density at radius 2 is 1.31 bits per heavy atom. The van der Waals surface area contributed by atoms with Gasteiger partial charge in [0, 0.05) is 30.5 Å². The topological polar surface area (TPSA) is 246 Å². The first-order chi connectivity index (χ1) is 27.6. The number of carbonyl (C=O) groups is 1. The van der Waals surface area contributed by atoms with Crippen molar-refractivity contribution in [1.29, 1.82) is 0 Å². The van der Waals surface area contributed by atoms with E-state index in [-0.39, 0.29) is 49.8 Å². The minimum atomic E-state index is -4.85. The largest absolute Gasteiger partial charge is 0.509 e. The van der Waals surface area contributed by atoms with Gasteiger partial charge in [-0.2, -0.15) is 0 Å². The number of para-hydroxylation sites is 1. The summed E-state index contributed by atoms with van der Waals surface area (Å²) in [6.45, 7) is 7.60. The number of benzene rings is 1. The van der Waals surface area contributed by atoms with Crippen LogP contribution in [0.25, 0.3) is 0 Å². The van der Waals surface area contributed by atoms with Crippen LogP contribution in [0.5, 0.6) is 0 Å². The van der Waals surface area contributed by atoms with Crippen molar-refractivity contribution in [2.45, 2.75) is 145 Å². The molecular formula is C34H50B3NO19P2. The maximum absolute atomic E-state index is 13.1. The van der Waals surface area contributed by atoms with E-state index in [0.717, 1.165) is 0 Å². The van der Waals surface area contributed by atoms with Gasteiger partial charge >= 0.3 is 21.8 Å². The lowest BCUT2D eigenvalue weighted by Crippen LogP contribution is -2.36. The molecule has 1 aromatic rings. The molecule has 0 spiro atoms. The third-order valence-electron chi connectivity index (χ3n) is 9.66. The van der Waals surface area contributed by atoms with Gasteiger partial charge in [0.05, 0.1) is 66.9 Å². The smallest absolute Gasteiger partial charge is 0.428 e. The number of phosphoric ester groups is 2. The summed E-state index contributed by atoms with van der Waals surface area (Å²) < 4.78 is 92.6. The van der Waals surface area contributed by atoms with Crippen LogP contribution in [0, 0.1) is 10.1 Å². The molecule has 15 atom stereocenters. The number of nitrogens with zero attached hydrogens (tertiary/aromatic N) is 1. The fourth-order valence-corrected chi connectivity index (χ4v) is 8.84. The van der Waals surface area contributed by atoms with Gasteiger partial charge in [0.15, 0.2) is 0 Å². The molecule has 4 aliphatic heterocycles. The molecule has 20 nitrogen and oxygen atoms in total. The average Bonchev–Trinajstić information content (AvgIpc) is 3.87. The third-order valence-corrected chi connectivity index (χ3v) is 11.7. The van der Waals surface area contributed by atoms with Crippen LogP contribution in [0.3, 0.4) is 0 Å². The summed E-state index contributed by atoms with van der Waals surface area (Å²) in [6, 6.07) is 3.34. The van der Waals surface area contributed by atoms with Crippen LogP contribution in [0.2, 0.25) is 0 Å². The Balaban J connectivity index is 1.09. The van der Waals surface area contributed by atoms with Gasteiger partial charge in [-0.1, -0.05) is 12.1 Å². The second kappa shape index (κ2) is 20.5. The average molecular weight is 871 g/mol. The van der Waals surface area contributed by atoms with Crippen LogP contribution in [-0.4, -0.2) is 149 Å². The molecule has 0 saturated carbocycles. The second-order valence-electron chi connectivity index (χ2n) is 15.7. The van der Waals surface area contributed by atoms with E-state index in [0.29, 0.717) is 6.42 Å².